The lowest BCUT2D eigenvalue weighted by Crippen LogP contribution is -2.27. The summed E-state index contributed by atoms with van der Waals surface area (Å²) in [6, 6.07) is 6.67. The minimum atomic E-state index is 0.431. The van der Waals surface area contributed by atoms with E-state index in [1.54, 1.807) is 6.26 Å². The zero-order valence-corrected chi connectivity index (χ0v) is 11.4. The molecule has 0 spiro atoms. The number of aryl methyl sites for hydroxylation is 2. The van der Waals surface area contributed by atoms with Crippen LogP contribution in [-0.4, -0.2) is 6.04 Å². The number of thiophene rings is 1. The third kappa shape index (κ3) is 3.45. The number of rotatable bonds is 5. The van der Waals surface area contributed by atoms with Gasteiger partial charge in [-0.05, 0) is 44.5 Å². The summed E-state index contributed by atoms with van der Waals surface area (Å²) in [6.07, 6.45) is 2.67. The number of hydrogen-bond donors (Lipinski definition) is 1. The molecule has 17 heavy (non-hydrogen) atoms. The molecule has 2 heterocycles. The van der Waals surface area contributed by atoms with Crippen molar-refractivity contribution in [2.45, 2.75) is 39.8 Å². The van der Waals surface area contributed by atoms with Gasteiger partial charge in [0.05, 0.1) is 6.26 Å². The van der Waals surface area contributed by atoms with Gasteiger partial charge in [0.15, 0.2) is 0 Å². The van der Waals surface area contributed by atoms with Crippen LogP contribution in [0.2, 0.25) is 0 Å². The lowest BCUT2D eigenvalue weighted by molar-refractivity contribution is 0.456. The highest BCUT2D eigenvalue weighted by atomic mass is 32.1. The van der Waals surface area contributed by atoms with E-state index in [1.165, 1.54) is 15.3 Å². The number of furan rings is 1. The zero-order valence-electron chi connectivity index (χ0n) is 10.6. The fraction of sp³-hybridized carbons (Fsp3) is 0.429. The smallest absolute Gasteiger partial charge is 0.105 e. The first-order chi connectivity index (χ1) is 8.15. The SMILES string of the molecule is Cc1cc(CNC(C)Cc2ccco2)c(C)s1. The van der Waals surface area contributed by atoms with Gasteiger partial charge in [0.25, 0.3) is 0 Å². The second kappa shape index (κ2) is 5.52. The van der Waals surface area contributed by atoms with E-state index in [1.807, 2.05) is 23.5 Å². The maximum absolute atomic E-state index is 5.35. The summed E-state index contributed by atoms with van der Waals surface area (Å²) >= 11 is 1.87. The molecule has 0 aliphatic rings. The molecule has 0 saturated carbocycles. The van der Waals surface area contributed by atoms with Gasteiger partial charge in [-0.15, -0.1) is 11.3 Å². The summed E-state index contributed by atoms with van der Waals surface area (Å²) in [7, 11) is 0. The van der Waals surface area contributed by atoms with E-state index in [9.17, 15) is 0 Å². The fourth-order valence-corrected chi connectivity index (χ4v) is 2.89. The second-order valence-corrected chi connectivity index (χ2v) is 5.96. The van der Waals surface area contributed by atoms with Gasteiger partial charge in [-0.1, -0.05) is 0 Å². The predicted molar refractivity (Wildman–Crippen MR) is 72.5 cm³/mol. The molecule has 1 unspecified atom stereocenters. The first kappa shape index (κ1) is 12.4. The molecule has 0 fully saturated rings. The van der Waals surface area contributed by atoms with Gasteiger partial charge in [0.1, 0.15) is 5.76 Å². The van der Waals surface area contributed by atoms with Crippen molar-refractivity contribution in [3.63, 3.8) is 0 Å². The van der Waals surface area contributed by atoms with E-state index < -0.39 is 0 Å². The van der Waals surface area contributed by atoms with E-state index in [4.69, 9.17) is 4.42 Å². The largest absolute Gasteiger partial charge is 0.469 e. The van der Waals surface area contributed by atoms with Crippen molar-refractivity contribution in [3.8, 4) is 0 Å². The van der Waals surface area contributed by atoms with E-state index in [0.717, 1.165) is 18.7 Å². The summed E-state index contributed by atoms with van der Waals surface area (Å²) in [5.41, 5.74) is 1.42. The molecule has 2 aromatic rings. The topological polar surface area (TPSA) is 25.2 Å². The van der Waals surface area contributed by atoms with Gasteiger partial charge in [0, 0.05) is 28.8 Å². The minimum Gasteiger partial charge on any atom is -0.469 e. The predicted octanol–water partition coefficient (Wildman–Crippen LogP) is 3.68. The van der Waals surface area contributed by atoms with Crippen LogP contribution in [0.15, 0.2) is 28.9 Å². The van der Waals surface area contributed by atoms with Gasteiger partial charge < -0.3 is 9.73 Å². The van der Waals surface area contributed by atoms with Crippen LogP contribution in [0.5, 0.6) is 0 Å². The first-order valence-electron chi connectivity index (χ1n) is 5.97. The van der Waals surface area contributed by atoms with Gasteiger partial charge >= 0.3 is 0 Å². The molecule has 0 aliphatic heterocycles. The maximum atomic E-state index is 5.35. The van der Waals surface area contributed by atoms with Crippen LogP contribution in [0.1, 0.15) is 28.0 Å². The Morgan fingerprint density at radius 1 is 1.41 bits per heavy atom. The normalized spacial score (nSPS) is 12.9. The van der Waals surface area contributed by atoms with Crippen LogP contribution in [-0.2, 0) is 13.0 Å². The molecule has 0 amide bonds. The summed E-state index contributed by atoms with van der Waals surface area (Å²) in [6.45, 7) is 7.48. The Hall–Kier alpha value is -1.06. The van der Waals surface area contributed by atoms with Crippen molar-refractivity contribution >= 4 is 11.3 Å². The van der Waals surface area contributed by atoms with Gasteiger partial charge in [-0.3, -0.25) is 0 Å². The third-order valence-corrected chi connectivity index (χ3v) is 3.88. The molecule has 1 atom stereocenters. The molecule has 0 radical (unpaired) electrons. The molecule has 92 valence electrons. The van der Waals surface area contributed by atoms with Crippen molar-refractivity contribution < 1.29 is 4.42 Å². The van der Waals surface area contributed by atoms with Crippen LogP contribution in [0.4, 0.5) is 0 Å². The quantitative estimate of drug-likeness (QED) is 0.874. The number of nitrogens with one attached hydrogen (secondary N) is 1. The molecule has 2 rings (SSSR count). The van der Waals surface area contributed by atoms with Crippen LogP contribution < -0.4 is 5.32 Å². The summed E-state index contributed by atoms with van der Waals surface area (Å²) < 4.78 is 5.35. The Bertz CT molecular complexity index is 459. The standard InChI is InChI=1S/C14H19NOS/c1-10(7-14-5-4-6-16-14)15-9-13-8-11(2)17-12(13)3/h4-6,8,10,15H,7,9H2,1-3H3. The summed E-state index contributed by atoms with van der Waals surface area (Å²) in [5.74, 6) is 1.04. The van der Waals surface area contributed by atoms with Crippen molar-refractivity contribution in [3.05, 3.63) is 45.5 Å². The molecule has 2 aromatic heterocycles. The maximum Gasteiger partial charge on any atom is 0.105 e. The zero-order chi connectivity index (χ0) is 12.3. The van der Waals surface area contributed by atoms with Crippen LogP contribution in [0.3, 0.4) is 0 Å². The Labute approximate surface area is 107 Å². The second-order valence-electron chi connectivity index (χ2n) is 4.50. The first-order valence-corrected chi connectivity index (χ1v) is 6.78. The molecule has 1 N–H and O–H groups in total. The van der Waals surface area contributed by atoms with Crippen molar-refractivity contribution in [2.75, 3.05) is 0 Å². The summed E-state index contributed by atoms with van der Waals surface area (Å²) in [5, 5.41) is 3.54. The molecule has 0 saturated heterocycles. The van der Waals surface area contributed by atoms with Gasteiger partial charge in [0.2, 0.25) is 0 Å². The van der Waals surface area contributed by atoms with E-state index in [-0.39, 0.29) is 0 Å². The van der Waals surface area contributed by atoms with Crippen LogP contribution in [0.25, 0.3) is 0 Å². The summed E-state index contributed by atoms with van der Waals surface area (Å²) in [4.78, 5) is 2.80. The molecular formula is C14H19NOS. The molecule has 0 aromatic carbocycles. The third-order valence-electron chi connectivity index (χ3n) is 2.87. The Morgan fingerprint density at radius 3 is 2.82 bits per heavy atom. The van der Waals surface area contributed by atoms with E-state index in [2.05, 4.69) is 32.2 Å². The minimum absolute atomic E-state index is 0.431. The van der Waals surface area contributed by atoms with Crippen LogP contribution >= 0.6 is 11.3 Å². The average Bonchev–Trinajstić information content (AvgIpc) is 2.86. The monoisotopic (exact) mass is 249 g/mol. The Balaban J connectivity index is 1.84. The lowest BCUT2D eigenvalue weighted by atomic mass is 10.2. The molecule has 0 bridgehead atoms. The van der Waals surface area contributed by atoms with Crippen molar-refractivity contribution in [1.29, 1.82) is 0 Å². The van der Waals surface area contributed by atoms with E-state index in [0.29, 0.717) is 6.04 Å². The van der Waals surface area contributed by atoms with Gasteiger partial charge in [-0.25, -0.2) is 0 Å². The Kier molecular flexibility index (Phi) is 4.02. The van der Waals surface area contributed by atoms with Crippen LogP contribution in [0, 0.1) is 13.8 Å². The molecule has 3 heteroatoms. The molecule has 0 aliphatic carbocycles. The van der Waals surface area contributed by atoms with Crippen molar-refractivity contribution in [2.24, 2.45) is 0 Å². The molecular weight excluding hydrogens is 230 g/mol. The highest BCUT2D eigenvalue weighted by Gasteiger charge is 2.07. The average molecular weight is 249 g/mol. The Morgan fingerprint density at radius 2 is 2.24 bits per heavy atom. The van der Waals surface area contributed by atoms with Gasteiger partial charge in [-0.2, -0.15) is 0 Å². The fourth-order valence-electron chi connectivity index (χ4n) is 1.95. The molecule has 2 nitrogen and oxygen atoms in total. The number of hydrogen-bond acceptors (Lipinski definition) is 3. The highest BCUT2D eigenvalue weighted by Crippen LogP contribution is 2.20. The van der Waals surface area contributed by atoms with Crippen molar-refractivity contribution in [1.82, 2.24) is 5.32 Å². The lowest BCUT2D eigenvalue weighted by Gasteiger charge is -2.12. The van der Waals surface area contributed by atoms with E-state index >= 15 is 0 Å². The highest BCUT2D eigenvalue weighted by molar-refractivity contribution is 7.12.